The summed E-state index contributed by atoms with van der Waals surface area (Å²) in [5.41, 5.74) is 0. The molecule has 16 nitrogen and oxygen atoms in total. The average molecular weight is 672 g/mol. The molecule has 274 valence electrons. The molecule has 0 aromatic carbocycles. The van der Waals surface area contributed by atoms with Crippen molar-refractivity contribution in [2.45, 2.75) is 133 Å². The van der Waals surface area contributed by atoms with E-state index in [1.807, 2.05) is 0 Å². The zero-order valence-electron chi connectivity index (χ0n) is 27.2. The first-order valence-corrected chi connectivity index (χ1v) is 16.5. The number of carbonyl (C=O) groups is 2. The van der Waals surface area contributed by atoms with E-state index in [0.717, 1.165) is 25.7 Å². The number of quaternary nitrogens is 1. The minimum absolute atomic E-state index is 0.0373. The molecule has 0 aliphatic rings. The fourth-order valence-corrected chi connectivity index (χ4v) is 4.94. The zero-order valence-corrected chi connectivity index (χ0v) is 27.2. The number of aliphatic hydroxyl groups excluding tert-OH is 10. The van der Waals surface area contributed by atoms with Crippen LogP contribution in [0.3, 0.4) is 0 Å². The maximum atomic E-state index is 13.7. The van der Waals surface area contributed by atoms with Gasteiger partial charge in [-0.15, -0.1) is 0 Å². The number of unbranched alkanes of at least 4 members (excludes halogenated alkanes) is 9. The summed E-state index contributed by atoms with van der Waals surface area (Å²) < 4.78 is -0.651. The first-order chi connectivity index (χ1) is 21.8. The summed E-state index contributed by atoms with van der Waals surface area (Å²) in [6, 6.07) is 0. The topological polar surface area (TPSA) is 284 Å². The fourth-order valence-electron chi connectivity index (χ4n) is 4.94. The Morgan fingerprint density at radius 1 is 0.543 bits per heavy atom. The average Bonchev–Trinajstić information content (AvgIpc) is 3.06. The monoisotopic (exact) mass is 671 g/mol. The number of nitrogens with one attached hydrogen (secondary N) is 2. The predicted molar refractivity (Wildman–Crippen MR) is 168 cm³/mol. The smallest absolute Gasteiger partial charge is 0.251 e. The summed E-state index contributed by atoms with van der Waals surface area (Å²) >= 11 is 0. The molecule has 2 amide bonds. The van der Waals surface area contributed by atoms with E-state index in [1.165, 1.54) is 32.1 Å². The lowest BCUT2D eigenvalue weighted by atomic mass is 10.0. The van der Waals surface area contributed by atoms with E-state index >= 15 is 0 Å². The zero-order chi connectivity index (χ0) is 35.1. The van der Waals surface area contributed by atoms with Crippen molar-refractivity contribution in [2.75, 3.05) is 45.9 Å². The SMILES string of the molecule is CCCCCCCCCCCC[N+]([O-])(CCCNC(=O)[C@H](O)[C@@H](O)[C@H](O)[C@H](O)CO)CCCNC(=O)[C@H](O)[C@@H](O)[C@H](O)[C@H](O)CO. The molecular formula is C30H61N3O13. The molecule has 0 aromatic rings. The second-order valence-corrected chi connectivity index (χ2v) is 12.1. The molecule has 0 spiro atoms. The molecule has 0 heterocycles. The predicted octanol–water partition coefficient (Wildman–Crippen LogP) is -2.89. The summed E-state index contributed by atoms with van der Waals surface area (Å²) in [7, 11) is 0. The number of rotatable bonds is 29. The van der Waals surface area contributed by atoms with Crippen LogP contribution in [-0.2, 0) is 9.59 Å². The van der Waals surface area contributed by atoms with Crippen molar-refractivity contribution in [3.63, 3.8) is 0 Å². The molecule has 0 saturated heterocycles. The van der Waals surface area contributed by atoms with Gasteiger partial charge >= 0.3 is 0 Å². The number of hydrogen-bond donors (Lipinski definition) is 12. The Morgan fingerprint density at radius 3 is 1.22 bits per heavy atom. The van der Waals surface area contributed by atoms with Gasteiger partial charge < -0.3 is 71.6 Å². The van der Waals surface area contributed by atoms with Crippen LogP contribution in [0, 0.1) is 5.21 Å². The van der Waals surface area contributed by atoms with Crippen molar-refractivity contribution in [2.24, 2.45) is 0 Å². The minimum Gasteiger partial charge on any atom is -0.633 e. The lowest BCUT2D eigenvalue weighted by Crippen LogP contribution is -2.52. The van der Waals surface area contributed by atoms with E-state index in [9.17, 15) is 55.6 Å². The lowest BCUT2D eigenvalue weighted by molar-refractivity contribution is -0.881. The molecule has 0 rings (SSSR count). The molecule has 0 aromatic heterocycles. The third kappa shape index (κ3) is 18.1. The van der Waals surface area contributed by atoms with Crippen LogP contribution in [0.4, 0.5) is 0 Å². The van der Waals surface area contributed by atoms with Crippen molar-refractivity contribution in [1.29, 1.82) is 0 Å². The molecule has 0 fully saturated rings. The molecule has 12 N–H and O–H groups in total. The maximum Gasteiger partial charge on any atom is 0.251 e. The van der Waals surface area contributed by atoms with E-state index in [-0.39, 0.29) is 45.6 Å². The Hall–Kier alpha value is -1.54. The molecule has 0 saturated carbocycles. The highest BCUT2D eigenvalue weighted by molar-refractivity contribution is 5.81. The van der Waals surface area contributed by atoms with E-state index in [1.54, 1.807) is 0 Å². The molecule has 0 aliphatic heterocycles. The van der Waals surface area contributed by atoms with Crippen LogP contribution in [-0.4, -0.2) is 162 Å². The van der Waals surface area contributed by atoms with Crippen LogP contribution in [0.5, 0.6) is 0 Å². The summed E-state index contributed by atoms with van der Waals surface area (Å²) in [5, 5.41) is 114. The van der Waals surface area contributed by atoms with Gasteiger partial charge in [0.2, 0.25) is 0 Å². The second-order valence-electron chi connectivity index (χ2n) is 12.1. The van der Waals surface area contributed by atoms with Gasteiger partial charge in [0.15, 0.2) is 12.2 Å². The van der Waals surface area contributed by atoms with Crippen molar-refractivity contribution in [1.82, 2.24) is 10.6 Å². The third-order valence-electron chi connectivity index (χ3n) is 8.05. The number of aliphatic hydroxyl groups is 10. The van der Waals surface area contributed by atoms with Crippen LogP contribution < -0.4 is 10.6 Å². The number of nitrogens with zero attached hydrogens (tertiary/aromatic N) is 1. The van der Waals surface area contributed by atoms with Crippen LogP contribution >= 0.6 is 0 Å². The van der Waals surface area contributed by atoms with Crippen LogP contribution in [0.15, 0.2) is 0 Å². The first-order valence-electron chi connectivity index (χ1n) is 16.5. The largest absolute Gasteiger partial charge is 0.633 e. The molecule has 8 atom stereocenters. The normalized spacial score (nSPS) is 17.4. The molecule has 46 heavy (non-hydrogen) atoms. The van der Waals surface area contributed by atoms with Gasteiger partial charge in [0.25, 0.3) is 11.8 Å². The Kier molecular flexibility index (Phi) is 24.6. The van der Waals surface area contributed by atoms with E-state index in [4.69, 9.17) is 10.2 Å². The first kappa shape index (κ1) is 44.5. The van der Waals surface area contributed by atoms with Gasteiger partial charge in [0.05, 0.1) is 32.8 Å². The van der Waals surface area contributed by atoms with Crippen LogP contribution in [0.1, 0.15) is 84.0 Å². The van der Waals surface area contributed by atoms with E-state index in [2.05, 4.69) is 17.6 Å². The van der Waals surface area contributed by atoms with E-state index in [0.29, 0.717) is 6.42 Å². The van der Waals surface area contributed by atoms with Gasteiger partial charge in [0, 0.05) is 25.9 Å². The molecular weight excluding hydrogens is 610 g/mol. The van der Waals surface area contributed by atoms with Crippen molar-refractivity contribution < 1.29 is 65.3 Å². The lowest BCUT2D eigenvalue weighted by Gasteiger charge is -2.43. The minimum atomic E-state index is -2.08. The van der Waals surface area contributed by atoms with Crippen molar-refractivity contribution in [3.8, 4) is 0 Å². The highest BCUT2D eigenvalue weighted by atomic mass is 16.5. The van der Waals surface area contributed by atoms with Gasteiger partial charge in [0.1, 0.15) is 36.6 Å². The quantitative estimate of drug-likeness (QED) is 0.0216. The Labute approximate surface area is 271 Å². The number of amides is 2. The molecule has 0 aliphatic carbocycles. The summed E-state index contributed by atoms with van der Waals surface area (Å²) in [5.74, 6) is -2.06. The van der Waals surface area contributed by atoms with Gasteiger partial charge in [-0.25, -0.2) is 0 Å². The van der Waals surface area contributed by atoms with Gasteiger partial charge in [-0.2, -0.15) is 0 Å². The highest BCUT2D eigenvalue weighted by Crippen LogP contribution is 2.15. The van der Waals surface area contributed by atoms with Gasteiger partial charge in [-0.1, -0.05) is 58.3 Å². The molecule has 16 heteroatoms. The maximum absolute atomic E-state index is 13.7. The van der Waals surface area contributed by atoms with E-state index < -0.39 is 78.5 Å². The Morgan fingerprint density at radius 2 is 0.870 bits per heavy atom. The molecule has 0 unspecified atom stereocenters. The summed E-state index contributed by atoms with van der Waals surface area (Å²) in [6.45, 7) is 0.741. The highest BCUT2D eigenvalue weighted by Gasteiger charge is 2.35. The van der Waals surface area contributed by atoms with Crippen LogP contribution in [0.25, 0.3) is 0 Å². The number of hydroxylamine groups is 3. The van der Waals surface area contributed by atoms with Gasteiger partial charge in [-0.05, 0) is 12.8 Å². The third-order valence-corrected chi connectivity index (χ3v) is 8.05. The standard InChI is InChI=1S/C30H61N3O13/c1-2-3-4-5-6-7-8-9-10-11-16-33(46,17-12-14-31-29(44)27(42)25(40)23(38)21(36)19-34)18-13-15-32-30(45)28(43)26(41)24(39)22(37)20-35/h21-28,34-43H,2-20H2,1H3,(H,31,44)(H,32,45)/t21-,22-,23-,24-,25+,26+,27-,28-/m1/s1. The molecule has 0 bridgehead atoms. The molecule has 0 radical (unpaired) electrons. The summed E-state index contributed by atoms with van der Waals surface area (Å²) in [6.07, 6.45) is -4.46. The van der Waals surface area contributed by atoms with Gasteiger partial charge in [-0.3, -0.25) is 9.59 Å². The number of hydrogen-bond acceptors (Lipinski definition) is 13. The van der Waals surface area contributed by atoms with Crippen molar-refractivity contribution >= 4 is 11.8 Å². The Bertz CT molecular complexity index is 749. The van der Waals surface area contributed by atoms with Crippen molar-refractivity contribution in [3.05, 3.63) is 5.21 Å². The Balaban J connectivity index is 4.90. The number of carbonyl (C=O) groups excluding carboxylic acids is 2. The second kappa shape index (κ2) is 25.5. The summed E-state index contributed by atoms with van der Waals surface area (Å²) in [4.78, 5) is 24.4. The van der Waals surface area contributed by atoms with Crippen LogP contribution in [0.2, 0.25) is 0 Å². The fraction of sp³-hybridized carbons (Fsp3) is 0.933.